The first-order chi connectivity index (χ1) is 9.61. The van der Waals surface area contributed by atoms with Crippen molar-refractivity contribution in [1.82, 2.24) is 20.2 Å². The molecule has 0 atom stereocenters. The van der Waals surface area contributed by atoms with E-state index in [0.29, 0.717) is 13.0 Å². The SMILES string of the molecule is CNCc1cn(CCC(=O)NC(C)C)c2ncccc12. The largest absolute Gasteiger partial charge is 0.354 e. The van der Waals surface area contributed by atoms with Gasteiger partial charge in [-0.15, -0.1) is 0 Å². The van der Waals surface area contributed by atoms with Crippen molar-refractivity contribution in [2.45, 2.75) is 39.4 Å². The molecule has 0 aromatic carbocycles. The van der Waals surface area contributed by atoms with Crippen LogP contribution < -0.4 is 10.6 Å². The first-order valence-corrected chi connectivity index (χ1v) is 6.98. The summed E-state index contributed by atoms with van der Waals surface area (Å²) < 4.78 is 2.06. The molecule has 0 fully saturated rings. The van der Waals surface area contributed by atoms with Gasteiger partial charge >= 0.3 is 0 Å². The summed E-state index contributed by atoms with van der Waals surface area (Å²) in [5.74, 6) is 0.0768. The Morgan fingerprint density at radius 3 is 2.95 bits per heavy atom. The molecule has 1 amide bonds. The third kappa shape index (κ3) is 3.36. The summed E-state index contributed by atoms with van der Waals surface area (Å²) in [7, 11) is 1.93. The Bertz CT molecular complexity index is 589. The van der Waals surface area contributed by atoms with Crippen molar-refractivity contribution in [2.75, 3.05) is 7.05 Å². The van der Waals surface area contributed by atoms with Crippen molar-refractivity contribution in [3.05, 3.63) is 30.1 Å². The van der Waals surface area contributed by atoms with Crippen LogP contribution in [0.4, 0.5) is 0 Å². The molecule has 0 bridgehead atoms. The van der Waals surface area contributed by atoms with Gasteiger partial charge in [0.05, 0.1) is 0 Å². The Balaban J connectivity index is 2.15. The van der Waals surface area contributed by atoms with Crippen molar-refractivity contribution in [3.8, 4) is 0 Å². The molecule has 0 aliphatic rings. The number of hydrogen-bond donors (Lipinski definition) is 2. The topological polar surface area (TPSA) is 59.0 Å². The lowest BCUT2D eigenvalue weighted by Crippen LogP contribution is -2.30. The van der Waals surface area contributed by atoms with Gasteiger partial charge in [-0.3, -0.25) is 4.79 Å². The maximum absolute atomic E-state index is 11.7. The van der Waals surface area contributed by atoms with E-state index in [1.165, 1.54) is 5.56 Å². The standard InChI is InChI=1S/C15H22N4O/c1-11(2)18-14(20)6-8-19-10-12(9-16-3)13-5-4-7-17-15(13)19/h4-5,7,10-11,16H,6,8-9H2,1-3H3,(H,18,20). The summed E-state index contributed by atoms with van der Waals surface area (Å²) in [5.41, 5.74) is 2.15. The molecule has 0 saturated carbocycles. The molecule has 5 nitrogen and oxygen atoms in total. The summed E-state index contributed by atoms with van der Waals surface area (Å²) in [4.78, 5) is 16.2. The van der Waals surface area contributed by atoms with E-state index in [4.69, 9.17) is 0 Å². The van der Waals surface area contributed by atoms with Crippen LogP contribution in [0.1, 0.15) is 25.8 Å². The zero-order valence-electron chi connectivity index (χ0n) is 12.3. The minimum atomic E-state index is 0.0768. The zero-order chi connectivity index (χ0) is 14.5. The number of fused-ring (bicyclic) bond motifs is 1. The maximum atomic E-state index is 11.7. The molecule has 0 aliphatic carbocycles. The molecule has 2 N–H and O–H groups in total. The normalized spacial score (nSPS) is 11.2. The molecular formula is C15H22N4O. The van der Waals surface area contributed by atoms with E-state index in [9.17, 15) is 4.79 Å². The summed E-state index contributed by atoms with van der Waals surface area (Å²) in [6.45, 7) is 5.38. The molecule has 5 heteroatoms. The lowest BCUT2D eigenvalue weighted by atomic mass is 10.2. The first kappa shape index (κ1) is 14.5. The molecule has 108 valence electrons. The van der Waals surface area contributed by atoms with Crippen LogP contribution in [0.5, 0.6) is 0 Å². The average molecular weight is 274 g/mol. The van der Waals surface area contributed by atoms with E-state index in [-0.39, 0.29) is 11.9 Å². The Kier molecular flexibility index (Phi) is 4.74. The van der Waals surface area contributed by atoms with Gasteiger partial charge in [-0.1, -0.05) is 0 Å². The van der Waals surface area contributed by atoms with E-state index < -0.39 is 0 Å². The second-order valence-electron chi connectivity index (χ2n) is 5.22. The fraction of sp³-hybridized carbons (Fsp3) is 0.467. The van der Waals surface area contributed by atoms with Gasteiger partial charge in [-0.25, -0.2) is 4.98 Å². The highest BCUT2D eigenvalue weighted by molar-refractivity contribution is 5.81. The molecule has 0 unspecified atom stereocenters. The number of rotatable bonds is 6. The maximum Gasteiger partial charge on any atom is 0.221 e. The molecule has 2 rings (SSSR count). The predicted molar refractivity (Wildman–Crippen MR) is 80.4 cm³/mol. The number of carbonyl (C=O) groups is 1. The van der Waals surface area contributed by atoms with Crippen molar-refractivity contribution in [3.63, 3.8) is 0 Å². The predicted octanol–water partition coefficient (Wildman–Crippen LogP) is 1.67. The number of pyridine rings is 1. The Hall–Kier alpha value is -1.88. The van der Waals surface area contributed by atoms with Crippen LogP contribution in [-0.4, -0.2) is 28.5 Å². The van der Waals surface area contributed by atoms with E-state index in [2.05, 4.69) is 32.4 Å². The van der Waals surface area contributed by atoms with Gasteiger partial charge in [0, 0.05) is 43.3 Å². The molecule has 0 saturated heterocycles. The molecule has 0 radical (unpaired) electrons. The fourth-order valence-corrected chi connectivity index (χ4v) is 2.31. The Morgan fingerprint density at radius 1 is 1.45 bits per heavy atom. The van der Waals surface area contributed by atoms with E-state index >= 15 is 0 Å². The van der Waals surface area contributed by atoms with Crippen molar-refractivity contribution >= 4 is 16.9 Å². The van der Waals surface area contributed by atoms with Crippen LogP contribution in [0.25, 0.3) is 11.0 Å². The highest BCUT2D eigenvalue weighted by Gasteiger charge is 2.10. The van der Waals surface area contributed by atoms with Crippen molar-refractivity contribution in [1.29, 1.82) is 0 Å². The molecule has 2 heterocycles. The number of nitrogens with one attached hydrogen (secondary N) is 2. The van der Waals surface area contributed by atoms with E-state index in [1.807, 2.05) is 27.0 Å². The van der Waals surface area contributed by atoms with Gasteiger partial charge in [-0.2, -0.15) is 0 Å². The lowest BCUT2D eigenvalue weighted by molar-refractivity contribution is -0.121. The molecule has 2 aromatic rings. The van der Waals surface area contributed by atoms with E-state index in [0.717, 1.165) is 17.6 Å². The molecular weight excluding hydrogens is 252 g/mol. The second kappa shape index (κ2) is 6.52. The zero-order valence-corrected chi connectivity index (χ0v) is 12.3. The van der Waals surface area contributed by atoms with Crippen LogP contribution in [-0.2, 0) is 17.9 Å². The number of nitrogens with zero attached hydrogens (tertiary/aromatic N) is 2. The van der Waals surface area contributed by atoms with Crippen LogP contribution in [0.3, 0.4) is 0 Å². The van der Waals surface area contributed by atoms with Gasteiger partial charge < -0.3 is 15.2 Å². The molecule has 20 heavy (non-hydrogen) atoms. The summed E-state index contributed by atoms with van der Waals surface area (Å²) >= 11 is 0. The van der Waals surface area contributed by atoms with Gasteiger partial charge in [0.1, 0.15) is 5.65 Å². The Morgan fingerprint density at radius 2 is 2.25 bits per heavy atom. The fourth-order valence-electron chi connectivity index (χ4n) is 2.31. The van der Waals surface area contributed by atoms with Gasteiger partial charge in [0.25, 0.3) is 0 Å². The highest BCUT2D eigenvalue weighted by Crippen LogP contribution is 2.19. The van der Waals surface area contributed by atoms with Gasteiger partial charge in [0.2, 0.25) is 5.91 Å². The third-order valence-electron chi connectivity index (χ3n) is 3.11. The molecule has 0 spiro atoms. The summed E-state index contributed by atoms with van der Waals surface area (Å²) in [5, 5.41) is 7.21. The minimum absolute atomic E-state index is 0.0768. The van der Waals surface area contributed by atoms with Crippen molar-refractivity contribution in [2.24, 2.45) is 0 Å². The Labute approximate surface area is 119 Å². The summed E-state index contributed by atoms with van der Waals surface area (Å²) in [6, 6.07) is 4.19. The number of hydrogen-bond acceptors (Lipinski definition) is 3. The lowest BCUT2D eigenvalue weighted by Gasteiger charge is -2.09. The number of aryl methyl sites for hydroxylation is 1. The van der Waals surface area contributed by atoms with Crippen LogP contribution >= 0.6 is 0 Å². The van der Waals surface area contributed by atoms with Crippen LogP contribution in [0, 0.1) is 0 Å². The summed E-state index contributed by atoms with van der Waals surface area (Å²) in [6.07, 6.45) is 4.34. The second-order valence-corrected chi connectivity index (χ2v) is 5.22. The smallest absolute Gasteiger partial charge is 0.221 e. The first-order valence-electron chi connectivity index (χ1n) is 6.98. The quantitative estimate of drug-likeness (QED) is 0.842. The monoisotopic (exact) mass is 274 g/mol. The van der Waals surface area contributed by atoms with Gasteiger partial charge in [0.15, 0.2) is 0 Å². The minimum Gasteiger partial charge on any atom is -0.354 e. The van der Waals surface area contributed by atoms with E-state index in [1.54, 1.807) is 6.20 Å². The third-order valence-corrected chi connectivity index (χ3v) is 3.11. The van der Waals surface area contributed by atoms with Crippen LogP contribution in [0.15, 0.2) is 24.5 Å². The number of aromatic nitrogens is 2. The number of carbonyl (C=O) groups excluding carboxylic acids is 1. The highest BCUT2D eigenvalue weighted by atomic mass is 16.1. The molecule has 0 aliphatic heterocycles. The van der Waals surface area contributed by atoms with Gasteiger partial charge in [-0.05, 0) is 38.6 Å². The van der Waals surface area contributed by atoms with Crippen molar-refractivity contribution < 1.29 is 4.79 Å². The number of amides is 1. The molecule has 2 aromatic heterocycles. The van der Waals surface area contributed by atoms with Crippen LogP contribution in [0.2, 0.25) is 0 Å². The average Bonchev–Trinajstić information content (AvgIpc) is 2.75.